The van der Waals surface area contributed by atoms with Crippen LogP contribution in [0.15, 0.2) is 41.8 Å². The number of rotatable bonds is 6. The van der Waals surface area contributed by atoms with Gasteiger partial charge in [-0.1, -0.05) is 23.9 Å². The quantitative estimate of drug-likeness (QED) is 0.586. The highest BCUT2D eigenvalue weighted by Crippen LogP contribution is 2.30. The Kier molecular flexibility index (Phi) is 5.58. The molecule has 10 heteroatoms. The van der Waals surface area contributed by atoms with E-state index < -0.39 is 6.55 Å². The van der Waals surface area contributed by atoms with E-state index in [1.807, 2.05) is 29.7 Å². The Morgan fingerprint density at radius 2 is 2.04 bits per heavy atom. The topological polar surface area (TPSA) is 61.0 Å². The number of hydrogen-bond acceptors (Lipinski definition) is 6. The van der Waals surface area contributed by atoms with E-state index in [1.54, 1.807) is 0 Å². The lowest BCUT2D eigenvalue weighted by atomic mass is 10.2. The highest BCUT2D eigenvalue weighted by atomic mass is 32.2. The number of aromatic nitrogens is 5. The van der Waals surface area contributed by atoms with E-state index in [2.05, 4.69) is 26.1 Å². The summed E-state index contributed by atoms with van der Waals surface area (Å²) in [4.78, 5) is 6.17. The number of thioether (sulfide) groups is 1. The van der Waals surface area contributed by atoms with Gasteiger partial charge in [-0.05, 0) is 24.6 Å². The molecule has 1 aliphatic rings. The van der Waals surface area contributed by atoms with E-state index in [4.69, 9.17) is 4.74 Å². The molecule has 0 unspecified atom stereocenters. The summed E-state index contributed by atoms with van der Waals surface area (Å²) in [5.74, 6) is 1.30. The molecular weight excluding hydrogens is 386 g/mol. The van der Waals surface area contributed by atoms with Gasteiger partial charge in [-0.15, -0.1) is 10.2 Å². The smallest absolute Gasteiger partial charge is 0.319 e. The van der Waals surface area contributed by atoms with Crippen molar-refractivity contribution in [3.05, 3.63) is 48.0 Å². The van der Waals surface area contributed by atoms with E-state index in [9.17, 15) is 8.78 Å². The summed E-state index contributed by atoms with van der Waals surface area (Å²) in [6, 6.07) is 8.04. The van der Waals surface area contributed by atoms with Crippen molar-refractivity contribution in [2.24, 2.45) is 0 Å². The van der Waals surface area contributed by atoms with E-state index in [0.717, 1.165) is 34.9 Å². The number of alkyl halides is 2. The minimum absolute atomic E-state index is 0.268. The molecule has 0 bridgehead atoms. The molecule has 28 heavy (non-hydrogen) atoms. The number of morpholine rings is 1. The molecule has 0 radical (unpaired) electrons. The summed E-state index contributed by atoms with van der Waals surface area (Å²) in [6.45, 7) is 2.13. The Morgan fingerprint density at radius 1 is 1.21 bits per heavy atom. The van der Waals surface area contributed by atoms with Crippen LogP contribution in [-0.2, 0) is 10.5 Å². The molecule has 1 saturated heterocycles. The van der Waals surface area contributed by atoms with Crippen molar-refractivity contribution in [2.45, 2.75) is 24.4 Å². The molecule has 0 saturated carbocycles. The van der Waals surface area contributed by atoms with Gasteiger partial charge in [-0.3, -0.25) is 9.13 Å². The average Bonchev–Trinajstić information content (AvgIpc) is 3.34. The monoisotopic (exact) mass is 406 g/mol. The van der Waals surface area contributed by atoms with Crippen LogP contribution in [0.25, 0.3) is 5.69 Å². The lowest BCUT2D eigenvalue weighted by Gasteiger charge is -2.28. The van der Waals surface area contributed by atoms with E-state index in [0.29, 0.717) is 24.2 Å². The van der Waals surface area contributed by atoms with Gasteiger partial charge in [-0.2, -0.15) is 8.78 Å². The van der Waals surface area contributed by atoms with Gasteiger partial charge in [0.2, 0.25) is 5.95 Å². The van der Waals surface area contributed by atoms with Gasteiger partial charge in [0, 0.05) is 25.5 Å². The molecule has 1 aromatic carbocycles. The zero-order valence-corrected chi connectivity index (χ0v) is 16.1. The van der Waals surface area contributed by atoms with Gasteiger partial charge in [0.1, 0.15) is 5.82 Å². The van der Waals surface area contributed by atoms with E-state index in [-0.39, 0.29) is 5.75 Å². The van der Waals surface area contributed by atoms with Gasteiger partial charge in [0.15, 0.2) is 5.16 Å². The van der Waals surface area contributed by atoms with Crippen molar-refractivity contribution in [3.63, 3.8) is 0 Å². The lowest BCUT2D eigenvalue weighted by Crippen LogP contribution is -2.37. The van der Waals surface area contributed by atoms with Crippen LogP contribution < -0.4 is 4.90 Å². The Hall–Kier alpha value is -2.46. The van der Waals surface area contributed by atoms with Gasteiger partial charge in [0.05, 0.1) is 24.7 Å². The third-order valence-electron chi connectivity index (χ3n) is 4.46. The minimum Gasteiger partial charge on any atom is -0.378 e. The Labute approximate surface area is 165 Å². The molecule has 4 rings (SSSR count). The number of anilines is 1. The standard InChI is InChI=1S/C18H20F2N6OS/c1-13-3-2-4-14(11-13)26-17(24-7-9-27-10-8-24)22-23-18(26)28-12-15-21-5-6-25(15)16(19)20/h2-6,11,16H,7-10,12H2,1H3. The second kappa shape index (κ2) is 8.27. The number of imidazole rings is 1. The van der Waals surface area contributed by atoms with Crippen molar-refractivity contribution >= 4 is 17.7 Å². The summed E-state index contributed by atoms with van der Waals surface area (Å²) in [6.07, 6.45) is 2.66. The molecule has 0 spiro atoms. The molecule has 3 aromatic rings. The summed E-state index contributed by atoms with van der Waals surface area (Å²) in [5, 5.41) is 9.37. The lowest BCUT2D eigenvalue weighted by molar-refractivity contribution is 0.0678. The van der Waals surface area contributed by atoms with Crippen LogP contribution in [0.2, 0.25) is 0 Å². The van der Waals surface area contributed by atoms with Crippen LogP contribution >= 0.6 is 11.8 Å². The fourth-order valence-electron chi connectivity index (χ4n) is 3.08. The first kappa shape index (κ1) is 18.9. The highest BCUT2D eigenvalue weighted by Gasteiger charge is 2.22. The third-order valence-corrected chi connectivity index (χ3v) is 5.38. The normalized spacial score (nSPS) is 14.8. The SMILES string of the molecule is Cc1cccc(-n2c(SCc3nccn3C(F)F)nnc2N2CCOCC2)c1. The van der Waals surface area contributed by atoms with Crippen molar-refractivity contribution in [3.8, 4) is 5.69 Å². The third kappa shape index (κ3) is 3.88. The Morgan fingerprint density at radius 3 is 2.79 bits per heavy atom. The number of halogens is 2. The summed E-state index contributed by atoms with van der Waals surface area (Å²) in [5.41, 5.74) is 2.05. The predicted molar refractivity (Wildman–Crippen MR) is 102 cm³/mol. The highest BCUT2D eigenvalue weighted by molar-refractivity contribution is 7.98. The summed E-state index contributed by atoms with van der Waals surface area (Å²) in [7, 11) is 0. The van der Waals surface area contributed by atoms with Crippen LogP contribution in [0.3, 0.4) is 0 Å². The first-order valence-corrected chi connectivity index (χ1v) is 9.90. The Balaban J connectivity index is 1.66. The average molecular weight is 406 g/mol. The van der Waals surface area contributed by atoms with E-state index >= 15 is 0 Å². The molecular formula is C18H20F2N6OS. The largest absolute Gasteiger partial charge is 0.378 e. The van der Waals surface area contributed by atoms with Crippen LogP contribution in [-0.4, -0.2) is 50.6 Å². The number of aryl methyl sites for hydroxylation is 1. The van der Waals surface area contributed by atoms with Gasteiger partial charge in [0.25, 0.3) is 0 Å². The molecule has 0 atom stereocenters. The van der Waals surface area contributed by atoms with E-state index in [1.165, 1.54) is 24.2 Å². The van der Waals surface area contributed by atoms with Crippen molar-refractivity contribution < 1.29 is 13.5 Å². The Bertz CT molecular complexity index is 938. The first-order chi connectivity index (χ1) is 13.6. The van der Waals surface area contributed by atoms with Crippen molar-refractivity contribution in [2.75, 3.05) is 31.2 Å². The molecule has 2 aromatic heterocycles. The summed E-state index contributed by atoms with van der Waals surface area (Å²) < 4.78 is 34.4. The van der Waals surface area contributed by atoms with Gasteiger partial charge < -0.3 is 9.64 Å². The maximum Gasteiger partial charge on any atom is 0.319 e. The zero-order chi connectivity index (χ0) is 19.5. The number of hydrogen-bond donors (Lipinski definition) is 0. The van der Waals surface area contributed by atoms with Gasteiger partial charge >= 0.3 is 6.55 Å². The number of nitrogens with zero attached hydrogens (tertiary/aromatic N) is 6. The second-order valence-electron chi connectivity index (χ2n) is 6.37. The van der Waals surface area contributed by atoms with Crippen molar-refractivity contribution in [1.82, 2.24) is 24.3 Å². The molecule has 1 fully saturated rings. The first-order valence-electron chi connectivity index (χ1n) is 8.91. The fraction of sp³-hybridized carbons (Fsp3) is 0.389. The number of ether oxygens (including phenoxy) is 1. The fourth-order valence-corrected chi connectivity index (χ4v) is 3.98. The molecule has 0 aliphatic carbocycles. The maximum absolute atomic E-state index is 13.1. The molecule has 3 heterocycles. The predicted octanol–water partition coefficient (Wildman–Crippen LogP) is 3.30. The van der Waals surface area contributed by atoms with Crippen LogP contribution in [0, 0.1) is 6.92 Å². The van der Waals surface area contributed by atoms with Gasteiger partial charge in [-0.25, -0.2) is 4.98 Å². The van der Waals surface area contributed by atoms with Crippen LogP contribution in [0.4, 0.5) is 14.7 Å². The van der Waals surface area contributed by atoms with Crippen molar-refractivity contribution in [1.29, 1.82) is 0 Å². The van der Waals surface area contributed by atoms with Crippen LogP contribution in [0.1, 0.15) is 17.9 Å². The minimum atomic E-state index is -2.61. The zero-order valence-electron chi connectivity index (χ0n) is 15.3. The molecule has 0 amide bonds. The molecule has 7 nitrogen and oxygen atoms in total. The molecule has 0 N–H and O–H groups in total. The summed E-state index contributed by atoms with van der Waals surface area (Å²) >= 11 is 1.34. The molecule has 148 valence electrons. The van der Waals surface area contributed by atoms with Crippen LogP contribution in [0.5, 0.6) is 0 Å². The second-order valence-corrected chi connectivity index (χ2v) is 7.32. The number of benzene rings is 1. The maximum atomic E-state index is 13.1. The molecule has 1 aliphatic heterocycles.